The summed E-state index contributed by atoms with van der Waals surface area (Å²) < 4.78 is 4.70. The van der Waals surface area contributed by atoms with Gasteiger partial charge in [-0.25, -0.2) is 0 Å². The minimum Gasteiger partial charge on any atom is -0.469 e. The first-order chi connectivity index (χ1) is 13.4. The number of nitrogens with zero attached hydrogens (tertiary/aromatic N) is 1. The maximum Gasteiger partial charge on any atom is 0.307 e. The topological polar surface area (TPSA) is 63.7 Å². The number of Topliss-reactive ketones (excluding diaryl/α,β-unsaturated/α-hetero) is 1. The molecule has 2 rings (SSSR count). The van der Waals surface area contributed by atoms with E-state index in [4.69, 9.17) is 4.74 Å². The Morgan fingerprint density at radius 1 is 0.929 bits per heavy atom. The van der Waals surface area contributed by atoms with Crippen LogP contribution in [0.15, 0.2) is 54.6 Å². The molecule has 5 nitrogen and oxygen atoms in total. The van der Waals surface area contributed by atoms with Gasteiger partial charge in [-0.1, -0.05) is 60.2 Å². The van der Waals surface area contributed by atoms with Crippen molar-refractivity contribution in [2.45, 2.75) is 39.2 Å². The van der Waals surface area contributed by atoms with Gasteiger partial charge in [0.25, 0.3) is 0 Å². The van der Waals surface area contributed by atoms with E-state index in [2.05, 4.69) is 0 Å². The van der Waals surface area contributed by atoms with Crippen molar-refractivity contribution in [1.29, 1.82) is 0 Å². The number of rotatable bonds is 9. The van der Waals surface area contributed by atoms with E-state index in [0.717, 1.165) is 11.1 Å². The average Bonchev–Trinajstić information content (AvgIpc) is 2.72. The number of hydrogen-bond acceptors (Lipinski definition) is 4. The molecule has 1 amide bonds. The Morgan fingerprint density at radius 2 is 1.57 bits per heavy atom. The normalized spacial score (nSPS) is 11.5. The lowest BCUT2D eigenvalue weighted by molar-refractivity contribution is -0.142. The molecule has 5 heteroatoms. The zero-order valence-electron chi connectivity index (χ0n) is 16.7. The van der Waals surface area contributed by atoms with Crippen LogP contribution in [-0.4, -0.2) is 36.2 Å². The van der Waals surface area contributed by atoms with Crippen molar-refractivity contribution in [2.24, 2.45) is 0 Å². The van der Waals surface area contributed by atoms with Crippen LogP contribution in [-0.2, 0) is 14.3 Å². The summed E-state index contributed by atoms with van der Waals surface area (Å²) in [6.07, 6.45) is 0.356. The van der Waals surface area contributed by atoms with E-state index in [9.17, 15) is 14.4 Å². The summed E-state index contributed by atoms with van der Waals surface area (Å²) in [6, 6.07) is 16.8. The molecule has 2 aromatic carbocycles. The highest BCUT2D eigenvalue weighted by atomic mass is 16.5. The monoisotopic (exact) mass is 381 g/mol. The van der Waals surface area contributed by atoms with Crippen LogP contribution in [0.1, 0.15) is 53.7 Å². The van der Waals surface area contributed by atoms with E-state index < -0.39 is 0 Å². The van der Waals surface area contributed by atoms with Crippen LogP contribution in [0.3, 0.4) is 0 Å². The Kier molecular flexibility index (Phi) is 7.93. The number of aryl methyl sites for hydroxylation is 1. The Morgan fingerprint density at radius 3 is 2.18 bits per heavy atom. The van der Waals surface area contributed by atoms with Crippen molar-refractivity contribution < 1.29 is 19.1 Å². The summed E-state index contributed by atoms with van der Waals surface area (Å²) >= 11 is 0. The predicted molar refractivity (Wildman–Crippen MR) is 108 cm³/mol. The quantitative estimate of drug-likeness (QED) is 0.484. The smallest absolute Gasteiger partial charge is 0.307 e. The molecule has 148 valence electrons. The molecule has 28 heavy (non-hydrogen) atoms. The Bertz CT molecular complexity index is 799. The molecule has 2 aromatic rings. The summed E-state index contributed by atoms with van der Waals surface area (Å²) in [5.41, 5.74) is 2.67. The zero-order chi connectivity index (χ0) is 20.5. The van der Waals surface area contributed by atoms with Crippen LogP contribution >= 0.6 is 0 Å². The maximum atomic E-state index is 12.9. The molecule has 1 atom stereocenters. The minimum atomic E-state index is -0.367. The molecule has 1 unspecified atom stereocenters. The number of ether oxygens (including phenoxy) is 1. The molecule has 0 radical (unpaired) electrons. The second-order valence-corrected chi connectivity index (χ2v) is 6.79. The zero-order valence-corrected chi connectivity index (χ0v) is 16.7. The number of hydrogen-bond donors (Lipinski definition) is 0. The average molecular weight is 381 g/mol. The number of esters is 1. The lowest BCUT2D eigenvalue weighted by Crippen LogP contribution is -2.35. The minimum absolute atomic E-state index is 0.0615. The van der Waals surface area contributed by atoms with Gasteiger partial charge in [-0.15, -0.1) is 0 Å². The van der Waals surface area contributed by atoms with Gasteiger partial charge in [0.2, 0.25) is 5.91 Å². The number of methoxy groups -OCH3 is 1. The lowest BCUT2D eigenvalue weighted by atomic mass is 10.0. The molecular formula is C23H27NO4. The van der Waals surface area contributed by atoms with Crippen LogP contribution < -0.4 is 0 Å². The van der Waals surface area contributed by atoms with Gasteiger partial charge in [0.05, 0.1) is 19.6 Å². The third-order valence-electron chi connectivity index (χ3n) is 4.79. The third-order valence-corrected chi connectivity index (χ3v) is 4.79. The van der Waals surface area contributed by atoms with Gasteiger partial charge in [-0.3, -0.25) is 14.4 Å². The van der Waals surface area contributed by atoms with E-state index in [0.29, 0.717) is 5.56 Å². The Balaban J connectivity index is 2.06. The predicted octanol–water partition coefficient (Wildman–Crippen LogP) is 4.11. The number of amides is 1. The SMILES string of the molecule is COC(=O)CCN(C(=O)CCC(=O)c1ccc(C)cc1)C(C)c1ccccc1. The van der Waals surface area contributed by atoms with E-state index in [1.165, 1.54) is 7.11 Å². The highest BCUT2D eigenvalue weighted by Gasteiger charge is 2.23. The molecule has 0 spiro atoms. The highest BCUT2D eigenvalue weighted by molar-refractivity contribution is 5.98. The summed E-state index contributed by atoms with van der Waals surface area (Å²) in [5, 5.41) is 0. The second kappa shape index (κ2) is 10.4. The van der Waals surface area contributed by atoms with Crippen molar-refractivity contribution >= 4 is 17.7 Å². The van der Waals surface area contributed by atoms with Crippen LogP contribution in [0, 0.1) is 6.92 Å². The highest BCUT2D eigenvalue weighted by Crippen LogP contribution is 2.22. The lowest BCUT2D eigenvalue weighted by Gasteiger charge is -2.29. The molecule has 0 aliphatic carbocycles. The van der Waals surface area contributed by atoms with E-state index in [1.54, 1.807) is 17.0 Å². The van der Waals surface area contributed by atoms with Crippen LogP contribution in [0.5, 0.6) is 0 Å². The van der Waals surface area contributed by atoms with Crippen LogP contribution in [0.4, 0.5) is 0 Å². The molecule has 0 saturated carbocycles. The molecule has 0 fully saturated rings. The van der Waals surface area contributed by atoms with Gasteiger partial charge in [0.15, 0.2) is 5.78 Å². The first-order valence-electron chi connectivity index (χ1n) is 9.43. The third kappa shape index (κ3) is 6.05. The maximum absolute atomic E-state index is 12.9. The van der Waals surface area contributed by atoms with Gasteiger partial charge in [-0.05, 0) is 19.4 Å². The van der Waals surface area contributed by atoms with Crippen molar-refractivity contribution in [2.75, 3.05) is 13.7 Å². The molecule has 0 aromatic heterocycles. The standard InChI is InChI=1S/C23H27NO4/c1-17-9-11-20(12-10-17)21(25)13-14-22(26)24(16-15-23(27)28-3)18(2)19-7-5-4-6-8-19/h4-12,18H,13-16H2,1-3H3. The summed E-state index contributed by atoms with van der Waals surface area (Å²) in [7, 11) is 1.33. The van der Waals surface area contributed by atoms with Crippen molar-refractivity contribution in [3.05, 3.63) is 71.3 Å². The molecule has 0 heterocycles. The number of benzene rings is 2. The van der Waals surface area contributed by atoms with Gasteiger partial charge in [-0.2, -0.15) is 0 Å². The van der Waals surface area contributed by atoms with Gasteiger partial charge in [0.1, 0.15) is 0 Å². The largest absolute Gasteiger partial charge is 0.469 e. The van der Waals surface area contributed by atoms with E-state index in [-0.39, 0.29) is 49.5 Å². The van der Waals surface area contributed by atoms with Crippen LogP contribution in [0.2, 0.25) is 0 Å². The summed E-state index contributed by atoms with van der Waals surface area (Å²) in [5.74, 6) is -0.580. The Hall–Kier alpha value is -2.95. The Labute approximate surface area is 166 Å². The van der Waals surface area contributed by atoms with Gasteiger partial charge < -0.3 is 9.64 Å². The van der Waals surface area contributed by atoms with Crippen molar-refractivity contribution in [3.63, 3.8) is 0 Å². The second-order valence-electron chi connectivity index (χ2n) is 6.79. The molecular weight excluding hydrogens is 354 g/mol. The number of ketones is 1. The summed E-state index contributed by atoms with van der Waals surface area (Å²) in [6.45, 7) is 4.13. The fourth-order valence-electron chi connectivity index (χ4n) is 3.01. The molecule has 0 saturated heterocycles. The first-order valence-corrected chi connectivity index (χ1v) is 9.43. The van der Waals surface area contributed by atoms with E-state index in [1.807, 2.05) is 56.3 Å². The fourth-order valence-corrected chi connectivity index (χ4v) is 3.01. The molecule has 0 N–H and O–H groups in total. The van der Waals surface area contributed by atoms with Crippen LogP contribution in [0.25, 0.3) is 0 Å². The van der Waals surface area contributed by atoms with E-state index >= 15 is 0 Å². The summed E-state index contributed by atoms with van der Waals surface area (Å²) in [4.78, 5) is 38.5. The number of carbonyl (C=O) groups excluding carboxylic acids is 3. The van der Waals surface area contributed by atoms with Gasteiger partial charge in [0, 0.05) is 24.9 Å². The fraction of sp³-hybridized carbons (Fsp3) is 0.348. The molecule has 0 aliphatic heterocycles. The van der Waals surface area contributed by atoms with Gasteiger partial charge >= 0.3 is 5.97 Å². The first kappa shape index (κ1) is 21.4. The molecule has 0 aliphatic rings. The van der Waals surface area contributed by atoms with Crippen molar-refractivity contribution in [3.8, 4) is 0 Å². The number of carbonyl (C=O) groups is 3. The van der Waals surface area contributed by atoms with Crippen molar-refractivity contribution in [1.82, 2.24) is 4.90 Å². The molecule has 0 bridgehead atoms.